The number of nitrogens with zero attached hydrogens (tertiary/aromatic N) is 3. The predicted molar refractivity (Wildman–Crippen MR) is 122 cm³/mol. The third-order valence-corrected chi connectivity index (χ3v) is 7.55. The molecule has 1 N–H and O–H groups in total. The fourth-order valence-electron chi connectivity index (χ4n) is 3.90. The molecule has 0 bridgehead atoms. The number of amides is 2. The maximum absolute atomic E-state index is 13.2. The molecule has 4 heterocycles. The number of hydrogen-bond donors (Lipinski definition) is 1. The van der Waals surface area contributed by atoms with Crippen LogP contribution in [0, 0.1) is 5.92 Å². The maximum atomic E-state index is 13.2. The normalized spacial score (nSPS) is 20.6. The van der Waals surface area contributed by atoms with Gasteiger partial charge in [0, 0.05) is 36.3 Å². The average molecular weight is 445 g/mol. The molecule has 0 saturated carbocycles. The molecule has 2 aliphatic heterocycles. The summed E-state index contributed by atoms with van der Waals surface area (Å²) in [4.78, 5) is 29.6. The highest BCUT2D eigenvalue weighted by molar-refractivity contribution is 7.12. The molecular formula is C22H28N4O2S2. The van der Waals surface area contributed by atoms with Gasteiger partial charge in [-0.3, -0.25) is 14.5 Å². The SMILES string of the molecule is CC(C)C(=O)NC1CCN(CC(=O)N2N=C(c3cccs3)CC2c2cccs2)CC1. The number of carbonyl (C=O) groups excluding carboxylic acids is 2. The van der Waals surface area contributed by atoms with E-state index < -0.39 is 0 Å². The zero-order chi connectivity index (χ0) is 21.1. The second-order valence-electron chi connectivity index (χ2n) is 8.21. The van der Waals surface area contributed by atoms with Gasteiger partial charge in [-0.05, 0) is 35.7 Å². The third-order valence-electron chi connectivity index (χ3n) is 5.66. The third kappa shape index (κ3) is 4.82. The zero-order valence-electron chi connectivity index (χ0n) is 17.4. The number of hydrazone groups is 1. The van der Waals surface area contributed by atoms with Gasteiger partial charge in [-0.15, -0.1) is 22.7 Å². The zero-order valence-corrected chi connectivity index (χ0v) is 19.0. The minimum Gasteiger partial charge on any atom is -0.353 e. The molecule has 1 saturated heterocycles. The molecular weight excluding hydrogens is 416 g/mol. The van der Waals surface area contributed by atoms with Gasteiger partial charge >= 0.3 is 0 Å². The average Bonchev–Trinajstić information content (AvgIpc) is 3.48. The van der Waals surface area contributed by atoms with E-state index in [2.05, 4.69) is 27.7 Å². The van der Waals surface area contributed by atoms with E-state index in [9.17, 15) is 9.59 Å². The van der Waals surface area contributed by atoms with Gasteiger partial charge in [0.25, 0.3) is 5.91 Å². The maximum Gasteiger partial charge on any atom is 0.257 e. The Kier molecular flexibility index (Phi) is 6.65. The molecule has 8 heteroatoms. The Morgan fingerprint density at radius 2 is 1.90 bits per heavy atom. The van der Waals surface area contributed by atoms with Crippen molar-refractivity contribution < 1.29 is 9.59 Å². The van der Waals surface area contributed by atoms with E-state index in [0.717, 1.165) is 42.9 Å². The molecule has 1 atom stereocenters. The summed E-state index contributed by atoms with van der Waals surface area (Å²) >= 11 is 3.34. The first-order valence-electron chi connectivity index (χ1n) is 10.5. The van der Waals surface area contributed by atoms with Gasteiger partial charge in [0.15, 0.2) is 0 Å². The standard InChI is InChI=1S/C22H28N4O2S2/c1-15(2)22(28)23-16-7-9-25(10-8-16)14-21(27)26-18(20-6-4-12-30-20)13-17(24-26)19-5-3-11-29-19/h3-6,11-12,15-16,18H,7-10,13-14H2,1-2H3,(H,23,28). The number of nitrogens with one attached hydrogen (secondary N) is 1. The van der Waals surface area contributed by atoms with E-state index >= 15 is 0 Å². The molecule has 1 unspecified atom stereocenters. The molecule has 6 nitrogen and oxygen atoms in total. The number of carbonyl (C=O) groups is 2. The number of rotatable bonds is 6. The van der Waals surface area contributed by atoms with Gasteiger partial charge in [-0.2, -0.15) is 5.10 Å². The van der Waals surface area contributed by atoms with Gasteiger partial charge in [0.2, 0.25) is 5.91 Å². The van der Waals surface area contributed by atoms with Crippen LogP contribution in [0.25, 0.3) is 0 Å². The van der Waals surface area contributed by atoms with Crippen LogP contribution < -0.4 is 5.32 Å². The van der Waals surface area contributed by atoms with E-state index in [1.165, 1.54) is 4.88 Å². The topological polar surface area (TPSA) is 65.0 Å². The van der Waals surface area contributed by atoms with Crippen molar-refractivity contribution in [2.24, 2.45) is 11.0 Å². The van der Waals surface area contributed by atoms with Crippen LogP contribution in [0.5, 0.6) is 0 Å². The molecule has 30 heavy (non-hydrogen) atoms. The van der Waals surface area contributed by atoms with Crippen LogP contribution in [0.1, 0.15) is 48.9 Å². The number of likely N-dealkylation sites (tertiary alicyclic amines) is 1. The fraction of sp³-hybridized carbons (Fsp3) is 0.500. The van der Waals surface area contributed by atoms with Crippen molar-refractivity contribution in [1.29, 1.82) is 0 Å². The molecule has 2 amide bonds. The Balaban J connectivity index is 1.38. The lowest BCUT2D eigenvalue weighted by Crippen LogP contribution is -2.48. The van der Waals surface area contributed by atoms with E-state index in [0.29, 0.717) is 6.54 Å². The van der Waals surface area contributed by atoms with Crippen molar-refractivity contribution >= 4 is 40.2 Å². The molecule has 160 valence electrons. The van der Waals surface area contributed by atoms with Gasteiger partial charge in [-0.1, -0.05) is 26.0 Å². The van der Waals surface area contributed by atoms with Gasteiger partial charge in [0.1, 0.15) is 0 Å². The first kappa shape index (κ1) is 21.2. The summed E-state index contributed by atoms with van der Waals surface area (Å²) in [5, 5.41) is 13.7. The summed E-state index contributed by atoms with van der Waals surface area (Å²) in [5.74, 6) is 0.157. The lowest BCUT2D eigenvalue weighted by Gasteiger charge is -2.33. The summed E-state index contributed by atoms with van der Waals surface area (Å²) in [6, 6.07) is 8.40. The molecule has 0 aliphatic carbocycles. The first-order valence-corrected chi connectivity index (χ1v) is 12.3. The minimum atomic E-state index is -0.0162. The number of hydrogen-bond acceptors (Lipinski definition) is 6. The van der Waals surface area contributed by atoms with Crippen LogP contribution in [0.2, 0.25) is 0 Å². The second kappa shape index (κ2) is 9.41. The van der Waals surface area contributed by atoms with Crippen molar-refractivity contribution in [3.8, 4) is 0 Å². The largest absolute Gasteiger partial charge is 0.353 e. The van der Waals surface area contributed by atoms with Crippen LogP contribution in [-0.2, 0) is 9.59 Å². The van der Waals surface area contributed by atoms with Crippen LogP contribution >= 0.6 is 22.7 Å². The van der Waals surface area contributed by atoms with Crippen LogP contribution in [0.3, 0.4) is 0 Å². The lowest BCUT2D eigenvalue weighted by atomic mass is 10.0. The highest BCUT2D eigenvalue weighted by Gasteiger charge is 2.35. The van der Waals surface area contributed by atoms with Gasteiger partial charge in [-0.25, -0.2) is 5.01 Å². The summed E-state index contributed by atoms with van der Waals surface area (Å²) < 4.78 is 0. The smallest absolute Gasteiger partial charge is 0.257 e. The molecule has 2 aliphatic rings. The fourth-order valence-corrected chi connectivity index (χ4v) is 5.43. The quantitative estimate of drug-likeness (QED) is 0.738. The molecule has 2 aromatic heterocycles. The number of piperidine rings is 1. The van der Waals surface area contributed by atoms with E-state index in [4.69, 9.17) is 5.10 Å². The van der Waals surface area contributed by atoms with Crippen LogP contribution in [-0.4, -0.2) is 53.1 Å². The number of thiophene rings is 2. The van der Waals surface area contributed by atoms with E-state index in [1.54, 1.807) is 27.7 Å². The Bertz CT molecular complexity index is 884. The molecule has 0 spiro atoms. The molecule has 2 aromatic rings. The summed E-state index contributed by atoms with van der Waals surface area (Å²) in [5.41, 5.74) is 0.992. The van der Waals surface area contributed by atoms with Crippen molar-refractivity contribution in [2.45, 2.75) is 45.2 Å². The Labute approximate surface area is 185 Å². The van der Waals surface area contributed by atoms with Crippen LogP contribution in [0.15, 0.2) is 40.1 Å². The van der Waals surface area contributed by atoms with Crippen LogP contribution in [0.4, 0.5) is 0 Å². The Hall–Kier alpha value is -2.03. The van der Waals surface area contributed by atoms with E-state index in [1.807, 2.05) is 31.4 Å². The molecule has 4 rings (SSSR count). The predicted octanol–water partition coefficient (Wildman–Crippen LogP) is 3.72. The highest BCUT2D eigenvalue weighted by atomic mass is 32.1. The Morgan fingerprint density at radius 1 is 1.17 bits per heavy atom. The van der Waals surface area contributed by atoms with Crippen molar-refractivity contribution in [2.75, 3.05) is 19.6 Å². The van der Waals surface area contributed by atoms with Gasteiger partial charge in [0.05, 0.1) is 23.2 Å². The molecule has 0 aromatic carbocycles. The summed E-state index contributed by atoms with van der Waals surface area (Å²) in [6.07, 6.45) is 2.52. The monoisotopic (exact) mass is 444 g/mol. The summed E-state index contributed by atoms with van der Waals surface area (Å²) in [6.45, 7) is 5.82. The Morgan fingerprint density at radius 3 is 2.53 bits per heavy atom. The first-order chi connectivity index (χ1) is 14.5. The minimum absolute atomic E-state index is 0.00404. The lowest BCUT2D eigenvalue weighted by molar-refractivity contribution is -0.134. The summed E-state index contributed by atoms with van der Waals surface area (Å²) in [7, 11) is 0. The highest BCUT2D eigenvalue weighted by Crippen LogP contribution is 2.36. The van der Waals surface area contributed by atoms with Gasteiger partial charge < -0.3 is 5.32 Å². The van der Waals surface area contributed by atoms with Crippen molar-refractivity contribution in [1.82, 2.24) is 15.2 Å². The second-order valence-corrected chi connectivity index (χ2v) is 10.1. The van der Waals surface area contributed by atoms with Crippen molar-refractivity contribution in [3.63, 3.8) is 0 Å². The molecule has 0 radical (unpaired) electrons. The van der Waals surface area contributed by atoms with Crippen molar-refractivity contribution in [3.05, 3.63) is 44.8 Å². The molecule has 1 fully saturated rings. The van der Waals surface area contributed by atoms with E-state index in [-0.39, 0.29) is 29.8 Å².